The van der Waals surface area contributed by atoms with E-state index in [1.165, 1.54) is 4.68 Å². The number of rotatable bonds is 0. The molecule has 0 radical (unpaired) electrons. The molecule has 0 amide bonds. The third-order valence-electron chi connectivity index (χ3n) is 1.58. The van der Waals surface area contributed by atoms with Gasteiger partial charge in [0.15, 0.2) is 4.77 Å². The summed E-state index contributed by atoms with van der Waals surface area (Å²) >= 11 is 5.60. The van der Waals surface area contributed by atoms with Crippen molar-refractivity contribution in [3.05, 3.63) is 15.3 Å². The lowest BCUT2D eigenvalue weighted by atomic mass is 11.2. The number of hydrogen-bond acceptors (Lipinski definition) is 2. The summed E-state index contributed by atoms with van der Waals surface area (Å²) in [5, 5.41) is 0. The van der Waals surface area contributed by atoms with E-state index in [2.05, 4.69) is 0 Å². The van der Waals surface area contributed by atoms with Crippen LogP contribution in [0.2, 0.25) is 0 Å². The Morgan fingerprint density at radius 3 is 2.00 bits per heavy atom. The van der Waals surface area contributed by atoms with E-state index >= 15 is 0 Å². The van der Waals surface area contributed by atoms with Crippen LogP contribution in [-0.2, 0) is 14.1 Å². The molecule has 0 unspecified atom stereocenters. The van der Waals surface area contributed by atoms with E-state index in [9.17, 15) is 4.79 Å². The molecule has 0 bridgehead atoms. The average Bonchev–Trinajstić information content (AvgIpc) is 2.07. The Balaban J connectivity index is 3.77. The van der Waals surface area contributed by atoms with Gasteiger partial charge in [0, 0.05) is 14.1 Å². The SMILES string of the molecule is Cn1c(=O)[n]([AlH2])c(=S)n1C. The fraction of sp³-hybridized carbons (Fsp3) is 0.500. The quantitative estimate of drug-likeness (QED) is 0.359. The molecule has 0 aromatic carbocycles. The van der Waals surface area contributed by atoms with Gasteiger partial charge in [-0.3, -0.25) is 4.68 Å². The van der Waals surface area contributed by atoms with Crippen LogP contribution < -0.4 is 5.69 Å². The van der Waals surface area contributed by atoms with Crippen molar-refractivity contribution in [3.63, 3.8) is 0 Å². The van der Waals surface area contributed by atoms with Crippen molar-refractivity contribution < 1.29 is 0 Å². The zero-order valence-electron chi connectivity index (χ0n) is 6.16. The number of hydrogen-bond donors (Lipinski definition) is 0. The third kappa shape index (κ3) is 0.888. The second-order valence-corrected chi connectivity index (χ2v) is 3.43. The van der Waals surface area contributed by atoms with Crippen molar-refractivity contribution in [1.82, 2.24) is 12.9 Å². The lowest BCUT2D eigenvalue weighted by Crippen LogP contribution is -2.22. The van der Waals surface area contributed by atoms with Gasteiger partial charge >= 0.3 is 22.2 Å². The molecule has 0 fully saturated rings. The standard InChI is InChI=1S/C4H7N3OS.Al.2H/c1-6-3(8)5-4(9)7(6)2;;;/h1-2H3,(H,5,8,9);;;/q;+1;;/p-1. The van der Waals surface area contributed by atoms with Gasteiger partial charge in [0.25, 0.3) is 0 Å². The fourth-order valence-electron chi connectivity index (χ4n) is 0.773. The fourth-order valence-corrected chi connectivity index (χ4v) is 1.55. The molecule has 0 saturated heterocycles. The molecule has 0 atom stereocenters. The van der Waals surface area contributed by atoms with E-state index in [1.807, 2.05) is 0 Å². The summed E-state index contributed by atoms with van der Waals surface area (Å²) in [5.41, 5.74) is -0.0285. The predicted octanol–water partition coefficient (Wildman–Crippen LogP) is -1.35. The first-order valence-corrected chi connectivity index (χ1v) is 4.15. The van der Waals surface area contributed by atoms with Gasteiger partial charge in [0.2, 0.25) is 0 Å². The molecular formula is C4H8AlN3OS. The molecule has 1 aromatic rings. The van der Waals surface area contributed by atoms with Gasteiger partial charge in [-0.2, -0.15) is 0 Å². The minimum absolute atomic E-state index is 0.0285. The topological polar surface area (TPSA) is 31.9 Å². The lowest BCUT2D eigenvalue weighted by molar-refractivity contribution is 0.573. The molecule has 4 nitrogen and oxygen atoms in total. The van der Waals surface area contributed by atoms with E-state index in [0.717, 1.165) is 0 Å². The molecule has 0 spiro atoms. The monoisotopic (exact) mass is 173 g/mol. The molecule has 1 heterocycles. The molecule has 6 heteroatoms. The van der Waals surface area contributed by atoms with E-state index in [-0.39, 0.29) is 5.69 Å². The molecule has 1 aromatic heterocycles. The molecule has 0 aliphatic carbocycles. The summed E-state index contributed by atoms with van der Waals surface area (Å²) in [6.45, 7) is 0. The summed E-state index contributed by atoms with van der Waals surface area (Å²) in [6, 6.07) is 0. The van der Waals surface area contributed by atoms with Crippen LogP contribution in [0.4, 0.5) is 0 Å². The molecular weight excluding hydrogens is 165 g/mol. The van der Waals surface area contributed by atoms with Crippen molar-refractivity contribution in [2.75, 3.05) is 0 Å². The first kappa shape index (κ1) is 7.80. The van der Waals surface area contributed by atoms with E-state index in [0.29, 0.717) is 21.3 Å². The summed E-state index contributed by atoms with van der Waals surface area (Å²) in [4.78, 5) is 11.1. The predicted molar refractivity (Wildman–Crippen MR) is 43.4 cm³/mol. The Morgan fingerprint density at radius 1 is 1.40 bits per heavy atom. The lowest BCUT2D eigenvalue weighted by Gasteiger charge is -1.93. The van der Waals surface area contributed by atoms with Crippen LogP contribution in [0, 0.1) is 4.77 Å². The molecule has 1 rings (SSSR count). The highest BCUT2D eigenvalue weighted by Crippen LogP contribution is 1.81. The highest BCUT2D eigenvalue weighted by molar-refractivity contribution is 7.71. The van der Waals surface area contributed by atoms with Crippen molar-refractivity contribution >= 4 is 28.7 Å². The zero-order valence-corrected chi connectivity index (χ0v) is 8.97. The van der Waals surface area contributed by atoms with Gasteiger partial charge in [0.05, 0.1) is 0 Å². The molecule has 0 aliphatic heterocycles. The summed E-state index contributed by atoms with van der Waals surface area (Å²) < 4.78 is 5.31. The summed E-state index contributed by atoms with van der Waals surface area (Å²) in [5.74, 6) is 0. The van der Waals surface area contributed by atoms with Crippen LogP contribution in [0.15, 0.2) is 4.79 Å². The van der Waals surface area contributed by atoms with Gasteiger partial charge in [-0.15, -0.1) is 0 Å². The van der Waals surface area contributed by atoms with E-state index < -0.39 is 0 Å². The maximum Gasteiger partial charge on any atom is 0.381 e. The van der Waals surface area contributed by atoms with Gasteiger partial charge in [0.1, 0.15) is 0 Å². The minimum atomic E-state index is -0.0285. The van der Waals surface area contributed by atoms with Crippen LogP contribution in [0.5, 0.6) is 0 Å². The smallest absolute Gasteiger partial charge is 0.372 e. The number of nitrogens with zero attached hydrogens (tertiary/aromatic N) is 3. The van der Waals surface area contributed by atoms with E-state index in [4.69, 9.17) is 12.2 Å². The first-order chi connectivity index (χ1) is 4.55. The minimum Gasteiger partial charge on any atom is -0.372 e. The molecule has 0 N–H and O–H groups in total. The highest BCUT2D eigenvalue weighted by atomic mass is 32.1. The van der Waals surface area contributed by atoms with E-state index in [1.54, 1.807) is 22.3 Å². The number of aromatic nitrogens is 3. The van der Waals surface area contributed by atoms with Gasteiger partial charge in [-0.1, -0.05) is 0 Å². The summed E-state index contributed by atoms with van der Waals surface area (Å²) in [7, 11) is 3.48. The second-order valence-electron chi connectivity index (χ2n) is 2.17. The van der Waals surface area contributed by atoms with Gasteiger partial charge in [-0.05, 0) is 12.2 Å². The molecule has 10 heavy (non-hydrogen) atoms. The van der Waals surface area contributed by atoms with Crippen molar-refractivity contribution in [1.29, 1.82) is 0 Å². The van der Waals surface area contributed by atoms with Crippen molar-refractivity contribution in [2.45, 2.75) is 0 Å². The van der Waals surface area contributed by atoms with Crippen LogP contribution >= 0.6 is 12.2 Å². The van der Waals surface area contributed by atoms with Crippen molar-refractivity contribution in [3.8, 4) is 0 Å². The third-order valence-corrected chi connectivity index (χ3v) is 3.25. The Morgan fingerprint density at radius 2 is 1.90 bits per heavy atom. The largest absolute Gasteiger partial charge is 0.381 e. The Bertz CT molecular complexity index is 326. The zero-order chi connectivity index (χ0) is 7.89. The Labute approximate surface area is 71.3 Å². The van der Waals surface area contributed by atoms with Crippen molar-refractivity contribution in [2.24, 2.45) is 14.1 Å². The van der Waals surface area contributed by atoms with Gasteiger partial charge in [-0.25, -0.2) is 9.48 Å². The second kappa shape index (κ2) is 2.38. The normalized spacial score (nSPS) is 10.2. The Kier molecular flexibility index (Phi) is 1.86. The average molecular weight is 173 g/mol. The van der Waals surface area contributed by atoms with Crippen LogP contribution in [0.1, 0.15) is 0 Å². The van der Waals surface area contributed by atoms with Crippen LogP contribution in [0.3, 0.4) is 0 Å². The summed E-state index contributed by atoms with van der Waals surface area (Å²) in [6.07, 6.45) is 0. The molecule has 0 saturated carbocycles. The maximum atomic E-state index is 11.1. The molecule has 0 aliphatic rings. The highest BCUT2D eigenvalue weighted by Gasteiger charge is 1.99. The van der Waals surface area contributed by atoms with Crippen LogP contribution in [-0.4, -0.2) is 29.4 Å². The maximum absolute atomic E-state index is 11.1. The van der Waals surface area contributed by atoms with Crippen LogP contribution in [0.25, 0.3) is 0 Å². The Hall–Kier alpha value is -0.308. The molecule has 54 valence electrons. The first-order valence-electron chi connectivity index (χ1n) is 2.84. The van der Waals surface area contributed by atoms with Gasteiger partial charge < -0.3 is 3.55 Å².